The molecule has 3 aromatic rings. The second-order valence-electron chi connectivity index (χ2n) is 7.46. The first-order chi connectivity index (χ1) is 15.2. The van der Waals surface area contributed by atoms with Crippen molar-refractivity contribution in [2.24, 2.45) is 0 Å². The first kappa shape index (κ1) is 20.8. The molecule has 1 aromatic heterocycles. The van der Waals surface area contributed by atoms with E-state index in [1.807, 2.05) is 70.1 Å². The number of imidazole rings is 1. The zero-order valence-corrected chi connectivity index (χ0v) is 17.5. The predicted octanol–water partition coefficient (Wildman–Crippen LogP) is 2.89. The summed E-state index contributed by atoms with van der Waals surface area (Å²) in [6.45, 7) is 2.23. The molecule has 0 fully saturated rings. The Kier molecular flexibility index (Phi) is 6.43. The molecule has 2 amide bonds. The molecular weight excluding hydrogens is 392 g/mol. The lowest BCUT2D eigenvalue weighted by atomic mass is 10.0. The van der Waals surface area contributed by atoms with Gasteiger partial charge in [-0.25, -0.2) is 4.98 Å². The normalized spacial score (nSPS) is 15.4. The maximum Gasteiger partial charge on any atom is 0.271 e. The van der Waals surface area contributed by atoms with Crippen molar-refractivity contribution in [1.29, 1.82) is 0 Å². The lowest BCUT2D eigenvalue weighted by Crippen LogP contribution is -2.42. The lowest BCUT2D eigenvalue weighted by molar-refractivity contribution is 0.0658. The minimum atomic E-state index is -0.363. The van der Waals surface area contributed by atoms with Crippen molar-refractivity contribution in [3.05, 3.63) is 89.5 Å². The number of nitrogens with one attached hydrogen (secondary N) is 1. The highest BCUT2D eigenvalue weighted by atomic mass is 16.5. The van der Waals surface area contributed by atoms with Crippen LogP contribution in [0.4, 0.5) is 0 Å². The number of rotatable bonds is 7. The van der Waals surface area contributed by atoms with Crippen molar-refractivity contribution in [2.45, 2.75) is 19.0 Å². The summed E-state index contributed by atoms with van der Waals surface area (Å²) in [6, 6.07) is 18.7. The molecule has 7 heteroatoms. The summed E-state index contributed by atoms with van der Waals surface area (Å²) in [5.74, 6) is 0.434. The maximum atomic E-state index is 13.3. The molecule has 2 aromatic carbocycles. The Balaban J connectivity index is 1.65. The third-order valence-corrected chi connectivity index (χ3v) is 5.39. The lowest BCUT2D eigenvalue weighted by Gasteiger charge is -2.36. The van der Waals surface area contributed by atoms with Crippen LogP contribution in [0.5, 0.6) is 0 Å². The highest BCUT2D eigenvalue weighted by Gasteiger charge is 2.35. The van der Waals surface area contributed by atoms with E-state index in [1.54, 1.807) is 13.3 Å². The minimum absolute atomic E-state index is 0.0470. The summed E-state index contributed by atoms with van der Waals surface area (Å²) in [6.07, 6.45) is 2.52. The summed E-state index contributed by atoms with van der Waals surface area (Å²) in [7, 11) is 1.64. The van der Waals surface area contributed by atoms with Gasteiger partial charge in [0.2, 0.25) is 0 Å². The Labute approximate surface area is 181 Å². The van der Waals surface area contributed by atoms with Crippen LogP contribution in [-0.2, 0) is 11.3 Å². The van der Waals surface area contributed by atoms with Crippen LogP contribution in [-0.4, -0.2) is 53.1 Å². The largest absolute Gasteiger partial charge is 0.385 e. The van der Waals surface area contributed by atoms with Crippen molar-refractivity contribution in [3.63, 3.8) is 0 Å². The van der Waals surface area contributed by atoms with Crippen LogP contribution in [0.15, 0.2) is 66.9 Å². The second kappa shape index (κ2) is 9.57. The fraction of sp³-hybridized carbons (Fsp3) is 0.292. The average Bonchev–Trinajstić information content (AvgIpc) is 3.26. The van der Waals surface area contributed by atoms with E-state index in [0.717, 1.165) is 12.0 Å². The molecule has 7 nitrogen and oxygen atoms in total. The SMILES string of the molecule is COCCCNC(=O)c1cn2c(n1)C(c1ccccc1)N(C(=O)c1ccccc1)CC2. The molecule has 0 spiro atoms. The van der Waals surface area contributed by atoms with Crippen LogP contribution in [0.25, 0.3) is 0 Å². The van der Waals surface area contributed by atoms with Gasteiger partial charge in [0.05, 0.1) is 0 Å². The maximum absolute atomic E-state index is 13.3. The van der Waals surface area contributed by atoms with Gasteiger partial charge >= 0.3 is 0 Å². The van der Waals surface area contributed by atoms with Crippen LogP contribution in [0.1, 0.15) is 44.7 Å². The molecule has 160 valence electrons. The molecular formula is C24H26N4O3. The smallest absolute Gasteiger partial charge is 0.271 e. The molecule has 1 unspecified atom stereocenters. The van der Waals surface area contributed by atoms with Gasteiger partial charge in [-0.1, -0.05) is 48.5 Å². The van der Waals surface area contributed by atoms with E-state index >= 15 is 0 Å². The molecule has 0 radical (unpaired) electrons. The van der Waals surface area contributed by atoms with Crippen LogP contribution in [0, 0.1) is 0 Å². The zero-order valence-electron chi connectivity index (χ0n) is 17.5. The van der Waals surface area contributed by atoms with E-state index in [9.17, 15) is 9.59 Å². The van der Waals surface area contributed by atoms with E-state index in [1.165, 1.54) is 0 Å². The molecule has 0 bridgehead atoms. The van der Waals surface area contributed by atoms with Crippen LogP contribution in [0.2, 0.25) is 0 Å². The molecule has 1 N–H and O–H groups in total. The number of nitrogens with zero attached hydrogens (tertiary/aromatic N) is 3. The summed E-state index contributed by atoms with van der Waals surface area (Å²) in [4.78, 5) is 32.4. The highest BCUT2D eigenvalue weighted by Crippen LogP contribution is 2.32. The third-order valence-electron chi connectivity index (χ3n) is 5.39. The fourth-order valence-corrected chi connectivity index (χ4v) is 3.86. The summed E-state index contributed by atoms with van der Waals surface area (Å²) >= 11 is 0. The van der Waals surface area contributed by atoms with Crippen LogP contribution < -0.4 is 5.32 Å². The van der Waals surface area contributed by atoms with Gasteiger partial charge in [-0.05, 0) is 24.1 Å². The van der Waals surface area contributed by atoms with Crippen LogP contribution in [0.3, 0.4) is 0 Å². The van der Waals surface area contributed by atoms with Crippen LogP contribution >= 0.6 is 0 Å². The Morgan fingerprint density at radius 1 is 1.06 bits per heavy atom. The molecule has 1 aliphatic rings. The molecule has 0 saturated heterocycles. The van der Waals surface area contributed by atoms with Gasteiger partial charge in [0.1, 0.15) is 17.6 Å². The number of fused-ring (bicyclic) bond motifs is 1. The van der Waals surface area contributed by atoms with Crippen molar-refractivity contribution >= 4 is 11.8 Å². The highest BCUT2D eigenvalue weighted by molar-refractivity contribution is 5.95. The van der Waals surface area contributed by atoms with Gasteiger partial charge in [0, 0.05) is 45.1 Å². The second-order valence-corrected chi connectivity index (χ2v) is 7.46. The number of hydrogen-bond acceptors (Lipinski definition) is 4. The fourth-order valence-electron chi connectivity index (χ4n) is 3.86. The number of benzene rings is 2. The Bertz CT molecular complexity index is 1030. The first-order valence-corrected chi connectivity index (χ1v) is 10.4. The van der Waals surface area contributed by atoms with Gasteiger partial charge < -0.3 is 19.5 Å². The Hall–Kier alpha value is -3.45. The number of ether oxygens (including phenoxy) is 1. The van der Waals surface area contributed by atoms with Gasteiger partial charge in [0.15, 0.2) is 0 Å². The standard InChI is InChI=1S/C24H26N4O3/c1-31-16-8-13-25-23(29)20-17-27-14-15-28(24(30)19-11-6-3-7-12-19)21(22(27)26-20)18-9-4-2-5-10-18/h2-7,9-12,17,21H,8,13-16H2,1H3,(H,25,29). The summed E-state index contributed by atoms with van der Waals surface area (Å²) < 4.78 is 7.00. The van der Waals surface area contributed by atoms with Gasteiger partial charge in [-0.2, -0.15) is 0 Å². The van der Waals surface area contributed by atoms with E-state index in [2.05, 4.69) is 10.3 Å². The molecule has 0 saturated carbocycles. The van der Waals surface area contributed by atoms with Gasteiger partial charge in [-0.15, -0.1) is 0 Å². The molecule has 31 heavy (non-hydrogen) atoms. The molecule has 0 aliphatic carbocycles. The molecule has 2 heterocycles. The van der Waals surface area contributed by atoms with Crippen molar-refractivity contribution in [2.75, 3.05) is 26.8 Å². The van der Waals surface area contributed by atoms with Gasteiger partial charge in [0.25, 0.3) is 11.8 Å². The number of methoxy groups -OCH3 is 1. The summed E-state index contributed by atoms with van der Waals surface area (Å²) in [5, 5.41) is 2.88. The van der Waals surface area contributed by atoms with E-state index in [-0.39, 0.29) is 17.9 Å². The number of amides is 2. The van der Waals surface area contributed by atoms with E-state index in [0.29, 0.717) is 43.3 Å². The molecule has 4 rings (SSSR count). The predicted molar refractivity (Wildman–Crippen MR) is 117 cm³/mol. The van der Waals surface area contributed by atoms with E-state index in [4.69, 9.17) is 4.74 Å². The van der Waals surface area contributed by atoms with Crippen molar-refractivity contribution in [1.82, 2.24) is 19.8 Å². The van der Waals surface area contributed by atoms with Crippen molar-refractivity contribution in [3.8, 4) is 0 Å². The van der Waals surface area contributed by atoms with Gasteiger partial charge in [-0.3, -0.25) is 9.59 Å². The van der Waals surface area contributed by atoms with Crippen molar-refractivity contribution < 1.29 is 14.3 Å². The molecule has 1 atom stereocenters. The minimum Gasteiger partial charge on any atom is -0.385 e. The quantitative estimate of drug-likeness (QED) is 0.599. The number of aromatic nitrogens is 2. The molecule has 1 aliphatic heterocycles. The monoisotopic (exact) mass is 418 g/mol. The summed E-state index contributed by atoms with van der Waals surface area (Å²) in [5.41, 5.74) is 1.97. The first-order valence-electron chi connectivity index (χ1n) is 10.4. The number of hydrogen-bond donors (Lipinski definition) is 1. The zero-order chi connectivity index (χ0) is 21.6. The average molecular weight is 418 g/mol. The van der Waals surface area contributed by atoms with E-state index < -0.39 is 0 Å². The Morgan fingerprint density at radius 2 is 1.77 bits per heavy atom. The third kappa shape index (κ3) is 4.51. The number of carbonyl (C=O) groups excluding carboxylic acids is 2. The topological polar surface area (TPSA) is 76.5 Å². The Morgan fingerprint density at radius 3 is 2.48 bits per heavy atom. The number of carbonyl (C=O) groups is 2.